The summed E-state index contributed by atoms with van der Waals surface area (Å²) >= 11 is -0.353. The van der Waals surface area contributed by atoms with Crippen LogP contribution in [0.15, 0.2) is 74.7 Å². The number of rotatable bonds is 3. The minimum absolute atomic E-state index is 0. The van der Waals surface area contributed by atoms with Crippen molar-refractivity contribution < 1.29 is 46.1 Å². The van der Waals surface area contributed by atoms with Gasteiger partial charge in [0.1, 0.15) is 0 Å². The van der Waals surface area contributed by atoms with Crippen LogP contribution >= 0.6 is 11.3 Å². The first kappa shape index (κ1) is 23.6. The largest absolute Gasteiger partial charge is 1.00 e. The number of hydrogen-bond acceptors (Lipinski definition) is 1. The molecule has 0 saturated heterocycles. The van der Waals surface area contributed by atoms with Gasteiger partial charge in [-0.25, -0.2) is 0 Å². The molecule has 0 radical (unpaired) electrons. The maximum Gasteiger partial charge on any atom is -1.00 e. The molecule has 1 heterocycles. The van der Waals surface area contributed by atoms with Gasteiger partial charge in [0.05, 0.1) is 0 Å². The van der Waals surface area contributed by atoms with Crippen molar-refractivity contribution in [3.8, 4) is 11.1 Å². The van der Waals surface area contributed by atoms with E-state index >= 15 is 0 Å². The molecule has 1 unspecified atom stereocenters. The van der Waals surface area contributed by atoms with Crippen LogP contribution in [-0.4, -0.2) is 3.21 Å². The predicted molar refractivity (Wildman–Crippen MR) is 120 cm³/mol. The first-order chi connectivity index (χ1) is 13.6. The SMILES string of the molecule is C[C](C)=[Zr+2]([C]1=C(c2ccsc2)C=CC1C)[c]1cccc2c1Cc1ccccc1-2.[Cl-].[Cl-]. The van der Waals surface area contributed by atoms with E-state index in [9.17, 15) is 0 Å². The molecular weight excluding hydrogens is 506 g/mol. The molecule has 1 atom stereocenters. The van der Waals surface area contributed by atoms with Crippen LogP contribution in [0.5, 0.6) is 0 Å². The smallest absolute Gasteiger partial charge is 1.00 e. The van der Waals surface area contributed by atoms with Gasteiger partial charge in [-0.05, 0) is 0 Å². The van der Waals surface area contributed by atoms with E-state index < -0.39 is 21.3 Å². The second-order valence-corrected chi connectivity index (χ2v) is 15.8. The molecule has 3 aromatic rings. The predicted octanol–water partition coefficient (Wildman–Crippen LogP) is 0.400. The van der Waals surface area contributed by atoms with Gasteiger partial charge in [-0.2, -0.15) is 0 Å². The van der Waals surface area contributed by atoms with Crippen molar-refractivity contribution in [2.24, 2.45) is 5.92 Å². The zero-order valence-electron chi connectivity index (χ0n) is 17.4. The van der Waals surface area contributed by atoms with Gasteiger partial charge in [-0.3, -0.25) is 0 Å². The van der Waals surface area contributed by atoms with Gasteiger partial charge in [0.25, 0.3) is 0 Å². The minimum atomic E-state index is -2.16. The van der Waals surface area contributed by atoms with Gasteiger partial charge >= 0.3 is 180 Å². The second-order valence-electron chi connectivity index (χ2n) is 8.03. The Kier molecular flexibility index (Phi) is 7.57. The van der Waals surface area contributed by atoms with Crippen molar-refractivity contribution in [2.75, 3.05) is 0 Å². The monoisotopic (exact) mass is 528 g/mol. The summed E-state index contributed by atoms with van der Waals surface area (Å²) in [6, 6.07) is 18.3. The van der Waals surface area contributed by atoms with E-state index in [1.807, 2.05) is 0 Å². The van der Waals surface area contributed by atoms with Crippen LogP contribution in [0, 0.1) is 5.92 Å². The molecule has 2 aromatic carbocycles. The topological polar surface area (TPSA) is 0 Å². The standard InChI is InChI=1S/C13H9.C10H9S.C3H6.2ClH.Zr/c1-3-7-12-10(5-1)9-11-6-2-4-8-13(11)12;1-8-2-3-9(6-8)10-4-5-11-7-10;1-3-2;;;/h1-5,7-8H,9H2;2-5,7-8H,1H3;1-2H3;2*1H;/q;;;;;+2/p-2. The fraction of sp³-hybridized carbons (Fsp3) is 0.192. The van der Waals surface area contributed by atoms with Crippen molar-refractivity contribution >= 4 is 23.4 Å². The molecule has 0 amide bonds. The third-order valence-corrected chi connectivity index (χ3v) is 14.7. The molecule has 0 N–H and O–H groups in total. The van der Waals surface area contributed by atoms with Gasteiger partial charge < -0.3 is 24.8 Å². The van der Waals surface area contributed by atoms with Gasteiger partial charge in [-0.15, -0.1) is 0 Å². The molecule has 2 aliphatic carbocycles. The van der Waals surface area contributed by atoms with Crippen LogP contribution in [-0.2, 0) is 27.7 Å². The zero-order valence-corrected chi connectivity index (χ0v) is 22.2. The maximum atomic E-state index is 2.45. The molecule has 0 bridgehead atoms. The van der Waals surface area contributed by atoms with E-state index in [-0.39, 0.29) is 24.8 Å². The summed E-state index contributed by atoms with van der Waals surface area (Å²) in [5, 5.41) is 4.52. The van der Waals surface area contributed by atoms with Gasteiger partial charge in [0, 0.05) is 0 Å². The summed E-state index contributed by atoms with van der Waals surface area (Å²) in [6.07, 6.45) is 5.91. The number of hydrogen-bond donors (Lipinski definition) is 0. The Labute approximate surface area is 203 Å². The molecule has 0 aliphatic heterocycles. The Morgan fingerprint density at radius 2 is 1.73 bits per heavy atom. The number of allylic oxidation sites excluding steroid dienone is 4. The Bertz CT molecular complexity index is 1170. The average molecular weight is 531 g/mol. The normalized spacial score (nSPS) is 15.6. The molecule has 5 rings (SSSR count). The van der Waals surface area contributed by atoms with Crippen LogP contribution in [0.3, 0.4) is 0 Å². The molecule has 0 spiro atoms. The third-order valence-electron chi connectivity index (χ3n) is 6.02. The number of halogens is 2. The average Bonchev–Trinajstić information content (AvgIpc) is 3.41. The molecule has 0 nitrogen and oxygen atoms in total. The first-order valence-corrected chi connectivity index (χ1v) is 14.6. The Balaban J connectivity index is 0.00000128. The molecule has 0 fully saturated rings. The minimum Gasteiger partial charge on any atom is -1.00 e. The third kappa shape index (κ3) is 3.93. The summed E-state index contributed by atoms with van der Waals surface area (Å²) in [4.78, 5) is 0. The van der Waals surface area contributed by atoms with Crippen molar-refractivity contribution in [1.29, 1.82) is 0 Å². The Morgan fingerprint density at radius 1 is 0.967 bits per heavy atom. The van der Waals surface area contributed by atoms with E-state index in [0.29, 0.717) is 5.92 Å². The first-order valence-electron chi connectivity index (χ1n) is 9.98. The molecular formula is C26H24Cl2SZr. The molecule has 2 aliphatic rings. The number of thiophene rings is 1. The van der Waals surface area contributed by atoms with E-state index in [1.54, 1.807) is 26.7 Å². The van der Waals surface area contributed by atoms with Crippen LogP contribution < -0.4 is 28.1 Å². The van der Waals surface area contributed by atoms with Crippen LogP contribution in [0.1, 0.15) is 37.5 Å². The summed E-state index contributed by atoms with van der Waals surface area (Å²) < 4.78 is 5.12. The zero-order chi connectivity index (χ0) is 19.3. The van der Waals surface area contributed by atoms with Gasteiger partial charge in [0.15, 0.2) is 0 Å². The van der Waals surface area contributed by atoms with Gasteiger partial charge in [0.2, 0.25) is 0 Å². The molecule has 1 aromatic heterocycles. The summed E-state index contributed by atoms with van der Waals surface area (Å²) in [7, 11) is 0. The van der Waals surface area contributed by atoms with E-state index in [4.69, 9.17) is 0 Å². The number of fused-ring (bicyclic) bond motifs is 3. The Morgan fingerprint density at radius 3 is 2.47 bits per heavy atom. The quantitative estimate of drug-likeness (QED) is 0.360. The maximum absolute atomic E-state index is 2.45. The van der Waals surface area contributed by atoms with Crippen LogP contribution in [0.2, 0.25) is 0 Å². The molecule has 30 heavy (non-hydrogen) atoms. The summed E-state index contributed by atoms with van der Waals surface area (Å²) in [5.41, 5.74) is 8.94. The Hall–Kier alpha value is -1.05. The van der Waals surface area contributed by atoms with Crippen LogP contribution in [0.25, 0.3) is 16.7 Å². The summed E-state index contributed by atoms with van der Waals surface area (Å²) in [5.74, 6) is 0.554. The van der Waals surface area contributed by atoms with Crippen LogP contribution in [0.4, 0.5) is 0 Å². The molecule has 152 valence electrons. The van der Waals surface area contributed by atoms with Crippen molar-refractivity contribution in [2.45, 2.75) is 27.2 Å². The van der Waals surface area contributed by atoms with Crippen molar-refractivity contribution in [3.63, 3.8) is 0 Å². The van der Waals surface area contributed by atoms with E-state index in [0.717, 1.165) is 6.42 Å². The molecule has 0 saturated carbocycles. The number of benzene rings is 2. The van der Waals surface area contributed by atoms with E-state index in [2.05, 4.69) is 92.2 Å². The summed E-state index contributed by atoms with van der Waals surface area (Å²) in [6.45, 7) is 7.17. The van der Waals surface area contributed by atoms with E-state index in [1.165, 1.54) is 27.8 Å². The van der Waals surface area contributed by atoms with Gasteiger partial charge in [-0.1, -0.05) is 0 Å². The molecule has 4 heteroatoms. The van der Waals surface area contributed by atoms with Crippen molar-refractivity contribution in [1.82, 2.24) is 0 Å². The second kappa shape index (κ2) is 9.62. The van der Waals surface area contributed by atoms with Crippen molar-refractivity contribution in [3.05, 3.63) is 91.4 Å². The fourth-order valence-corrected chi connectivity index (χ4v) is 13.3. The fourth-order valence-electron chi connectivity index (χ4n) is 4.78.